The van der Waals surface area contributed by atoms with Crippen molar-refractivity contribution in [2.45, 2.75) is 31.8 Å². The monoisotopic (exact) mass is 436 g/mol. The first-order valence-electron chi connectivity index (χ1n) is 10.9. The second-order valence-corrected chi connectivity index (χ2v) is 8.01. The van der Waals surface area contributed by atoms with Crippen LogP contribution in [0, 0.1) is 0 Å². The molecule has 8 heteroatoms. The van der Waals surface area contributed by atoms with E-state index in [1.165, 1.54) is 4.57 Å². The molecule has 0 radical (unpaired) electrons. The maximum atomic E-state index is 12.6. The van der Waals surface area contributed by atoms with Gasteiger partial charge in [0.05, 0.1) is 24.1 Å². The zero-order valence-corrected chi connectivity index (χ0v) is 18.2. The third kappa shape index (κ3) is 4.75. The van der Waals surface area contributed by atoms with Gasteiger partial charge in [0.25, 0.3) is 5.56 Å². The third-order valence-corrected chi connectivity index (χ3v) is 6.04. The number of aromatic nitrogens is 2. The molecule has 0 aliphatic carbocycles. The van der Waals surface area contributed by atoms with Crippen molar-refractivity contribution in [2.75, 3.05) is 26.7 Å². The highest BCUT2D eigenvalue weighted by atomic mass is 16.5. The summed E-state index contributed by atoms with van der Waals surface area (Å²) in [5.41, 5.74) is 0.743. The Morgan fingerprint density at radius 3 is 2.53 bits per heavy atom. The summed E-state index contributed by atoms with van der Waals surface area (Å²) in [7, 11) is 1.64. The smallest absolute Gasteiger partial charge is 0.328 e. The summed E-state index contributed by atoms with van der Waals surface area (Å²) in [6, 6.07) is 15.0. The van der Waals surface area contributed by atoms with Crippen molar-refractivity contribution in [3.8, 4) is 5.75 Å². The lowest BCUT2D eigenvalue weighted by molar-refractivity contribution is -0.121. The van der Waals surface area contributed by atoms with E-state index in [-0.39, 0.29) is 24.9 Å². The van der Waals surface area contributed by atoms with Gasteiger partial charge in [-0.2, -0.15) is 0 Å². The zero-order chi connectivity index (χ0) is 22.5. The summed E-state index contributed by atoms with van der Waals surface area (Å²) < 4.78 is 6.70. The number of hydrogen-bond acceptors (Lipinski definition) is 5. The molecular weight excluding hydrogens is 408 g/mol. The van der Waals surface area contributed by atoms with Gasteiger partial charge in [-0.3, -0.25) is 24.0 Å². The van der Waals surface area contributed by atoms with Crippen LogP contribution in [0.4, 0.5) is 0 Å². The number of nitrogens with one attached hydrogen (secondary N) is 2. The Morgan fingerprint density at radius 2 is 1.81 bits per heavy atom. The highest BCUT2D eigenvalue weighted by Crippen LogP contribution is 2.26. The molecule has 4 rings (SSSR count). The number of likely N-dealkylation sites (tertiary alicyclic amines) is 1. The van der Waals surface area contributed by atoms with E-state index in [0.717, 1.165) is 37.2 Å². The van der Waals surface area contributed by atoms with Crippen molar-refractivity contribution in [3.63, 3.8) is 0 Å². The van der Waals surface area contributed by atoms with E-state index >= 15 is 0 Å². The number of aryl methyl sites for hydroxylation is 1. The summed E-state index contributed by atoms with van der Waals surface area (Å²) in [6.07, 6.45) is 2.46. The molecule has 1 unspecified atom stereocenters. The molecule has 3 aromatic rings. The number of fused-ring (bicyclic) bond motifs is 1. The lowest BCUT2D eigenvalue weighted by atomic mass is 10.1. The molecule has 1 amide bonds. The molecule has 32 heavy (non-hydrogen) atoms. The average molecular weight is 437 g/mol. The van der Waals surface area contributed by atoms with Crippen LogP contribution in [0.15, 0.2) is 58.1 Å². The Balaban J connectivity index is 1.43. The van der Waals surface area contributed by atoms with E-state index in [1.807, 2.05) is 24.3 Å². The maximum absolute atomic E-state index is 12.6. The Morgan fingerprint density at radius 1 is 1.09 bits per heavy atom. The van der Waals surface area contributed by atoms with E-state index in [0.29, 0.717) is 17.4 Å². The van der Waals surface area contributed by atoms with Gasteiger partial charge in [-0.1, -0.05) is 24.3 Å². The van der Waals surface area contributed by atoms with Gasteiger partial charge in [0, 0.05) is 19.5 Å². The molecule has 168 valence electrons. The first-order chi connectivity index (χ1) is 15.6. The SMILES string of the molecule is COc1ccc(C(CNC(=O)CCn2c(=O)[nH]c(=O)c3ccccc32)N2CCCC2)cc1. The molecule has 1 fully saturated rings. The Labute approximate surface area is 185 Å². The summed E-state index contributed by atoms with van der Waals surface area (Å²) in [6.45, 7) is 2.70. The molecule has 0 spiro atoms. The van der Waals surface area contributed by atoms with Gasteiger partial charge in [-0.15, -0.1) is 0 Å². The number of carbonyl (C=O) groups excluding carboxylic acids is 1. The van der Waals surface area contributed by atoms with Crippen LogP contribution < -0.4 is 21.3 Å². The van der Waals surface area contributed by atoms with Gasteiger partial charge in [-0.25, -0.2) is 4.79 Å². The van der Waals surface area contributed by atoms with Crippen molar-refractivity contribution in [1.29, 1.82) is 0 Å². The molecule has 2 N–H and O–H groups in total. The predicted molar refractivity (Wildman–Crippen MR) is 123 cm³/mol. The number of para-hydroxylation sites is 1. The number of benzene rings is 2. The van der Waals surface area contributed by atoms with Gasteiger partial charge >= 0.3 is 5.69 Å². The van der Waals surface area contributed by atoms with Crippen molar-refractivity contribution < 1.29 is 9.53 Å². The summed E-state index contributed by atoms with van der Waals surface area (Å²) in [5.74, 6) is 0.668. The van der Waals surface area contributed by atoms with Gasteiger partial charge < -0.3 is 10.1 Å². The zero-order valence-electron chi connectivity index (χ0n) is 18.2. The van der Waals surface area contributed by atoms with Crippen LogP contribution in [0.25, 0.3) is 10.9 Å². The first kappa shape index (κ1) is 21.8. The van der Waals surface area contributed by atoms with Crippen LogP contribution in [0.3, 0.4) is 0 Å². The molecule has 0 saturated carbocycles. The summed E-state index contributed by atoms with van der Waals surface area (Å²) in [5, 5.41) is 3.47. The van der Waals surface area contributed by atoms with E-state index in [9.17, 15) is 14.4 Å². The van der Waals surface area contributed by atoms with Gasteiger partial charge in [-0.05, 0) is 55.8 Å². The Hall–Kier alpha value is -3.39. The Bertz CT molecular complexity index is 1190. The van der Waals surface area contributed by atoms with Crippen LogP contribution in [0.5, 0.6) is 5.75 Å². The topological polar surface area (TPSA) is 96.4 Å². The predicted octanol–water partition coefficient (Wildman–Crippen LogP) is 2.04. The second-order valence-electron chi connectivity index (χ2n) is 8.01. The van der Waals surface area contributed by atoms with Gasteiger partial charge in [0.2, 0.25) is 5.91 Å². The second kappa shape index (κ2) is 9.82. The first-order valence-corrected chi connectivity index (χ1v) is 10.9. The quantitative estimate of drug-likeness (QED) is 0.563. The van der Waals surface area contributed by atoms with Crippen LogP contribution >= 0.6 is 0 Å². The third-order valence-electron chi connectivity index (χ3n) is 6.04. The van der Waals surface area contributed by atoms with Gasteiger partial charge in [0.15, 0.2) is 0 Å². The fourth-order valence-corrected chi connectivity index (χ4v) is 4.31. The molecule has 1 aliphatic rings. The maximum Gasteiger partial charge on any atom is 0.328 e. The average Bonchev–Trinajstić information content (AvgIpc) is 3.34. The van der Waals surface area contributed by atoms with Crippen LogP contribution in [-0.2, 0) is 11.3 Å². The van der Waals surface area contributed by atoms with E-state index in [2.05, 4.69) is 15.2 Å². The van der Waals surface area contributed by atoms with Crippen molar-refractivity contribution >= 4 is 16.8 Å². The van der Waals surface area contributed by atoms with Crippen molar-refractivity contribution in [1.82, 2.24) is 19.8 Å². The normalized spacial score (nSPS) is 15.0. The number of aromatic amines is 1. The minimum Gasteiger partial charge on any atom is -0.497 e. The molecule has 1 saturated heterocycles. The lowest BCUT2D eigenvalue weighted by Gasteiger charge is -2.28. The fourth-order valence-electron chi connectivity index (χ4n) is 4.31. The number of rotatable bonds is 8. The molecule has 1 aliphatic heterocycles. The minimum atomic E-state index is -0.505. The number of carbonyl (C=O) groups is 1. The largest absolute Gasteiger partial charge is 0.497 e. The molecule has 1 aromatic heterocycles. The summed E-state index contributed by atoms with van der Waals surface area (Å²) >= 11 is 0. The standard InChI is InChI=1S/C24H28N4O4/c1-32-18-10-8-17(9-11-18)21(27-13-4-5-14-27)16-25-22(29)12-15-28-20-7-3-2-6-19(20)23(30)26-24(28)31/h2-3,6-11,21H,4-5,12-16H2,1H3,(H,25,29)(H,26,30,31). The van der Waals surface area contributed by atoms with Crippen LogP contribution in [0.1, 0.15) is 30.9 Å². The van der Waals surface area contributed by atoms with Crippen molar-refractivity contribution in [2.24, 2.45) is 0 Å². The highest BCUT2D eigenvalue weighted by molar-refractivity contribution is 5.78. The molecular formula is C24H28N4O4. The highest BCUT2D eigenvalue weighted by Gasteiger charge is 2.24. The van der Waals surface area contributed by atoms with Crippen molar-refractivity contribution in [3.05, 3.63) is 74.9 Å². The van der Waals surface area contributed by atoms with E-state index < -0.39 is 11.2 Å². The number of ether oxygens (including phenoxy) is 1. The lowest BCUT2D eigenvalue weighted by Crippen LogP contribution is -2.37. The molecule has 2 heterocycles. The van der Waals surface area contributed by atoms with Crippen LogP contribution in [-0.4, -0.2) is 47.1 Å². The molecule has 0 bridgehead atoms. The molecule has 8 nitrogen and oxygen atoms in total. The number of methoxy groups -OCH3 is 1. The minimum absolute atomic E-state index is 0.0870. The summed E-state index contributed by atoms with van der Waals surface area (Å²) in [4.78, 5) is 41.7. The Kier molecular flexibility index (Phi) is 6.70. The van der Waals surface area contributed by atoms with E-state index in [1.54, 1.807) is 31.4 Å². The fraction of sp³-hybridized carbons (Fsp3) is 0.375. The number of hydrogen-bond donors (Lipinski definition) is 2. The number of nitrogens with zero attached hydrogens (tertiary/aromatic N) is 2. The molecule has 1 atom stereocenters. The van der Waals surface area contributed by atoms with Gasteiger partial charge in [0.1, 0.15) is 5.75 Å². The number of H-pyrrole nitrogens is 1. The number of amides is 1. The molecule has 2 aromatic carbocycles. The van der Waals surface area contributed by atoms with Crippen LogP contribution in [0.2, 0.25) is 0 Å². The van der Waals surface area contributed by atoms with E-state index in [4.69, 9.17) is 4.74 Å².